The van der Waals surface area contributed by atoms with Crippen molar-refractivity contribution in [1.29, 1.82) is 0 Å². The van der Waals surface area contributed by atoms with E-state index in [2.05, 4.69) is 17.9 Å². The lowest BCUT2D eigenvalue weighted by Crippen LogP contribution is -2.26. The molecule has 0 aliphatic heterocycles. The van der Waals surface area contributed by atoms with Crippen LogP contribution in [-0.4, -0.2) is 29.2 Å². The van der Waals surface area contributed by atoms with Crippen molar-refractivity contribution in [2.24, 2.45) is 0 Å². The molecular formula is C7H12O3. The van der Waals surface area contributed by atoms with E-state index in [1.807, 2.05) is 0 Å². The molecule has 0 aromatic carbocycles. The summed E-state index contributed by atoms with van der Waals surface area (Å²) in [6.45, 7) is 6.86. The van der Waals surface area contributed by atoms with E-state index in [1.165, 1.54) is 12.2 Å². The van der Waals surface area contributed by atoms with Crippen molar-refractivity contribution in [2.45, 2.75) is 12.4 Å². The van der Waals surface area contributed by atoms with Gasteiger partial charge < -0.3 is 14.9 Å². The lowest BCUT2D eigenvalue weighted by atomic mass is 10.3. The zero-order valence-electron chi connectivity index (χ0n) is 5.73. The van der Waals surface area contributed by atoms with Gasteiger partial charge in [-0.25, -0.2) is 0 Å². The summed E-state index contributed by atoms with van der Waals surface area (Å²) in [5.74, 6) is 0. The summed E-state index contributed by atoms with van der Waals surface area (Å²) in [5.41, 5.74) is 0. The van der Waals surface area contributed by atoms with Crippen molar-refractivity contribution in [3.63, 3.8) is 0 Å². The molecule has 2 unspecified atom stereocenters. The fourth-order valence-corrected chi connectivity index (χ4v) is 0.382. The quantitative estimate of drug-likeness (QED) is 0.423. The van der Waals surface area contributed by atoms with Crippen LogP contribution in [0.15, 0.2) is 25.3 Å². The second-order valence-corrected chi connectivity index (χ2v) is 1.74. The smallest absolute Gasteiger partial charge is 0.184 e. The molecule has 58 valence electrons. The molecule has 0 radical (unpaired) electrons. The van der Waals surface area contributed by atoms with Gasteiger partial charge in [0.05, 0.1) is 6.61 Å². The van der Waals surface area contributed by atoms with Gasteiger partial charge in [-0.3, -0.25) is 0 Å². The van der Waals surface area contributed by atoms with E-state index in [-0.39, 0.29) is 6.61 Å². The maximum atomic E-state index is 8.86. The average Bonchev–Trinajstić information content (AvgIpc) is 1.98. The molecule has 0 aliphatic carbocycles. The van der Waals surface area contributed by atoms with Gasteiger partial charge in [0.15, 0.2) is 6.29 Å². The highest BCUT2D eigenvalue weighted by molar-refractivity contribution is 4.80. The Balaban J connectivity index is 3.49. The molecule has 10 heavy (non-hydrogen) atoms. The summed E-state index contributed by atoms with van der Waals surface area (Å²) >= 11 is 0. The summed E-state index contributed by atoms with van der Waals surface area (Å²) in [7, 11) is 0. The predicted molar refractivity (Wildman–Crippen MR) is 38.4 cm³/mol. The number of hydrogen-bond acceptors (Lipinski definition) is 3. The first-order valence-corrected chi connectivity index (χ1v) is 2.93. The minimum atomic E-state index is -1.20. The van der Waals surface area contributed by atoms with Gasteiger partial charge in [-0.2, -0.15) is 0 Å². The number of ether oxygens (including phenoxy) is 1. The van der Waals surface area contributed by atoms with E-state index in [1.54, 1.807) is 0 Å². The predicted octanol–water partition coefficient (Wildman–Crippen LogP) is 0.0543. The van der Waals surface area contributed by atoms with Crippen molar-refractivity contribution in [2.75, 3.05) is 6.61 Å². The molecule has 2 N–H and O–H groups in total. The molecule has 3 nitrogen and oxygen atoms in total. The minimum Gasteiger partial charge on any atom is -0.384 e. The van der Waals surface area contributed by atoms with E-state index in [4.69, 9.17) is 10.2 Å². The fourth-order valence-electron chi connectivity index (χ4n) is 0.382. The highest BCUT2D eigenvalue weighted by Crippen LogP contribution is 1.95. The van der Waals surface area contributed by atoms with Crippen LogP contribution >= 0.6 is 0 Å². The molecule has 0 aliphatic rings. The van der Waals surface area contributed by atoms with Gasteiger partial charge in [-0.05, 0) is 0 Å². The monoisotopic (exact) mass is 144 g/mol. The van der Waals surface area contributed by atoms with E-state index in [9.17, 15) is 0 Å². The first kappa shape index (κ1) is 9.36. The van der Waals surface area contributed by atoms with Gasteiger partial charge in [0, 0.05) is 0 Å². The third kappa shape index (κ3) is 3.40. The maximum Gasteiger partial charge on any atom is 0.184 e. The number of aliphatic hydroxyl groups is 2. The number of aliphatic hydroxyl groups excluding tert-OH is 2. The van der Waals surface area contributed by atoms with Gasteiger partial charge in [0.1, 0.15) is 6.10 Å². The Morgan fingerprint density at radius 2 is 2.00 bits per heavy atom. The second kappa shape index (κ2) is 5.17. The fraction of sp³-hybridized carbons (Fsp3) is 0.429. The Kier molecular flexibility index (Phi) is 4.84. The van der Waals surface area contributed by atoms with E-state index in [0.29, 0.717) is 0 Å². The lowest BCUT2D eigenvalue weighted by Gasteiger charge is -2.12. The van der Waals surface area contributed by atoms with Crippen LogP contribution in [0.1, 0.15) is 0 Å². The third-order valence-corrected chi connectivity index (χ3v) is 0.918. The number of rotatable bonds is 5. The van der Waals surface area contributed by atoms with Crippen molar-refractivity contribution < 1.29 is 14.9 Å². The van der Waals surface area contributed by atoms with E-state index in [0.717, 1.165) is 0 Å². The Labute approximate surface area is 60.3 Å². The second-order valence-electron chi connectivity index (χ2n) is 1.74. The first-order chi connectivity index (χ1) is 4.72. The summed E-state index contributed by atoms with van der Waals surface area (Å²) in [6, 6.07) is 0. The zero-order valence-corrected chi connectivity index (χ0v) is 5.73. The van der Waals surface area contributed by atoms with Crippen molar-refractivity contribution in [3.8, 4) is 0 Å². The average molecular weight is 144 g/mol. The highest BCUT2D eigenvalue weighted by Gasteiger charge is 2.10. The normalized spacial score (nSPS) is 15.8. The van der Waals surface area contributed by atoms with Crippen LogP contribution in [0.4, 0.5) is 0 Å². The third-order valence-electron chi connectivity index (χ3n) is 0.918. The Bertz CT molecular complexity index is 111. The van der Waals surface area contributed by atoms with Crippen molar-refractivity contribution in [3.05, 3.63) is 25.3 Å². The summed E-state index contributed by atoms with van der Waals surface area (Å²) < 4.78 is 4.66. The van der Waals surface area contributed by atoms with Crippen LogP contribution in [-0.2, 0) is 4.74 Å². The van der Waals surface area contributed by atoms with Gasteiger partial charge in [-0.15, -0.1) is 13.2 Å². The van der Waals surface area contributed by atoms with Gasteiger partial charge >= 0.3 is 0 Å². The van der Waals surface area contributed by atoms with Crippen LogP contribution in [0.5, 0.6) is 0 Å². The first-order valence-electron chi connectivity index (χ1n) is 2.93. The molecule has 0 aromatic rings. The van der Waals surface area contributed by atoms with Crippen LogP contribution in [0, 0.1) is 0 Å². The zero-order chi connectivity index (χ0) is 7.98. The summed E-state index contributed by atoms with van der Waals surface area (Å²) in [5, 5.41) is 17.7. The molecule has 0 aromatic heterocycles. The molecule has 0 fully saturated rings. The Morgan fingerprint density at radius 1 is 1.40 bits per heavy atom. The minimum absolute atomic E-state index is 0.214. The molecule has 2 atom stereocenters. The van der Waals surface area contributed by atoms with E-state index >= 15 is 0 Å². The van der Waals surface area contributed by atoms with E-state index < -0.39 is 12.4 Å². The molecule has 0 bridgehead atoms. The maximum absolute atomic E-state index is 8.86. The largest absolute Gasteiger partial charge is 0.384 e. The molecule has 0 heterocycles. The molecule has 0 amide bonds. The Hall–Kier alpha value is -0.640. The summed E-state index contributed by atoms with van der Waals surface area (Å²) in [4.78, 5) is 0. The van der Waals surface area contributed by atoms with Gasteiger partial charge in [0.2, 0.25) is 0 Å². The van der Waals surface area contributed by atoms with Crippen molar-refractivity contribution >= 4 is 0 Å². The van der Waals surface area contributed by atoms with Crippen LogP contribution in [0.25, 0.3) is 0 Å². The Morgan fingerprint density at radius 3 is 2.40 bits per heavy atom. The standard InChI is InChI=1S/C7H12O3/c1-3-5-10-7(9)6(8)4-2/h3-4,6-9H,1-2,5H2. The van der Waals surface area contributed by atoms with Gasteiger partial charge in [-0.1, -0.05) is 12.2 Å². The highest BCUT2D eigenvalue weighted by atomic mass is 16.6. The molecule has 0 saturated carbocycles. The molecule has 0 rings (SSSR count). The topological polar surface area (TPSA) is 49.7 Å². The number of hydrogen-bond donors (Lipinski definition) is 2. The van der Waals surface area contributed by atoms with Crippen molar-refractivity contribution in [1.82, 2.24) is 0 Å². The van der Waals surface area contributed by atoms with Crippen LogP contribution in [0.3, 0.4) is 0 Å². The molecule has 0 saturated heterocycles. The van der Waals surface area contributed by atoms with Crippen LogP contribution < -0.4 is 0 Å². The van der Waals surface area contributed by atoms with Gasteiger partial charge in [0.25, 0.3) is 0 Å². The molecule has 0 spiro atoms. The summed E-state index contributed by atoms with van der Waals surface area (Å²) in [6.07, 6.45) is 0.461. The molecular weight excluding hydrogens is 132 g/mol. The lowest BCUT2D eigenvalue weighted by molar-refractivity contribution is -0.139. The SMILES string of the molecule is C=CCOC(O)C(O)C=C. The van der Waals surface area contributed by atoms with Crippen LogP contribution in [0.2, 0.25) is 0 Å². The molecule has 3 heteroatoms.